The molecule has 0 fully saturated rings. The largest absolute Gasteiger partial charge is 0.494 e. The van der Waals surface area contributed by atoms with E-state index in [9.17, 15) is 8.42 Å². The molecule has 0 radical (unpaired) electrons. The second-order valence-corrected chi connectivity index (χ2v) is 9.57. The molecule has 0 saturated heterocycles. The number of anilines is 5. The van der Waals surface area contributed by atoms with Crippen LogP contribution < -0.4 is 20.1 Å². The van der Waals surface area contributed by atoms with Crippen molar-refractivity contribution in [3.63, 3.8) is 0 Å². The molecule has 0 aliphatic rings. The van der Waals surface area contributed by atoms with Gasteiger partial charge in [0.2, 0.25) is 0 Å². The molecule has 0 amide bonds. The fraction of sp³-hybridized carbons (Fsp3) is 0.154. The van der Waals surface area contributed by atoms with E-state index < -0.39 is 10.0 Å². The quantitative estimate of drug-likeness (QED) is 0.274. The van der Waals surface area contributed by atoms with E-state index in [0.29, 0.717) is 35.5 Å². The van der Waals surface area contributed by atoms with Crippen molar-refractivity contribution in [2.45, 2.75) is 25.7 Å². The van der Waals surface area contributed by atoms with Gasteiger partial charge in [0.25, 0.3) is 10.0 Å². The number of benzene rings is 3. The summed E-state index contributed by atoms with van der Waals surface area (Å²) in [4.78, 5) is 9.05. The van der Waals surface area contributed by atoms with Gasteiger partial charge in [-0.05, 0) is 81.4 Å². The second-order valence-electron chi connectivity index (χ2n) is 7.89. The first-order valence-corrected chi connectivity index (χ1v) is 12.6. The molecule has 8 nitrogen and oxygen atoms in total. The van der Waals surface area contributed by atoms with Crippen molar-refractivity contribution in [3.05, 3.63) is 90.3 Å². The molecule has 0 unspecified atom stereocenters. The highest BCUT2D eigenvalue weighted by Crippen LogP contribution is 2.24. The van der Waals surface area contributed by atoms with Crippen LogP contribution in [0.25, 0.3) is 0 Å². The number of hydrogen-bond acceptors (Lipinski definition) is 7. The first-order valence-electron chi connectivity index (χ1n) is 11.1. The molecule has 0 bridgehead atoms. The van der Waals surface area contributed by atoms with Crippen molar-refractivity contribution >= 4 is 38.7 Å². The van der Waals surface area contributed by atoms with Crippen LogP contribution in [0.5, 0.6) is 5.75 Å². The molecular weight excluding hydrogens is 462 g/mol. The maximum Gasteiger partial charge on any atom is 0.261 e. The van der Waals surface area contributed by atoms with Crippen LogP contribution in [0, 0.1) is 13.8 Å². The minimum absolute atomic E-state index is 0.160. The molecule has 0 saturated carbocycles. The van der Waals surface area contributed by atoms with Gasteiger partial charge in [-0.15, -0.1) is 0 Å². The van der Waals surface area contributed by atoms with Gasteiger partial charge in [0, 0.05) is 23.1 Å². The van der Waals surface area contributed by atoms with E-state index in [4.69, 9.17) is 4.74 Å². The van der Waals surface area contributed by atoms with Crippen LogP contribution in [0.4, 0.5) is 28.7 Å². The van der Waals surface area contributed by atoms with Gasteiger partial charge < -0.3 is 15.4 Å². The van der Waals surface area contributed by atoms with Crippen LogP contribution >= 0.6 is 0 Å². The minimum Gasteiger partial charge on any atom is -0.494 e. The van der Waals surface area contributed by atoms with Crippen LogP contribution in [0.1, 0.15) is 18.3 Å². The first-order chi connectivity index (χ1) is 16.8. The zero-order valence-electron chi connectivity index (χ0n) is 19.7. The maximum atomic E-state index is 12.7. The number of rotatable bonds is 9. The predicted octanol–water partition coefficient (Wildman–Crippen LogP) is 5.78. The third-order valence-electron chi connectivity index (χ3n) is 5.02. The Labute approximate surface area is 205 Å². The summed E-state index contributed by atoms with van der Waals surface area (Å²) >= 11 is 0. The number of sulfonamides is 1. The standard InChI is InChI=1S/C26H27N5O3S/c1-4-34-23-13-15-24(16-14-23)35(32,33)31-22-11-9-21(10-12-22)30-26-17-25(27-19(3)28-26)29-20-7-5-18(2)6-8-20/h5-17,31H,4H2,1-3H3,(H2,27,28,29,30). The first kappa shape index (κ1) is 24.0. The Kier molecular flexibility index (Phi) is 7.17. The zero-order chi connectivity index (χ0) is 24.8. The van der Waals surface area contributed by atoms with Crippen molar-refractivity contribution in [1.82, 2.24) is 9.97 Å². The average Bonchev–Trinajstić information content (AvgIpc) is 2.82. The van der Waals surface area contributed by atoms with Crippen molar-refractivity contribution in [2.24, 2.45) is 0 Å². The Morgan fingerprint density at radius 1 is 0.743 bits per heavy atom. The zero-order valence-corrected chi connectivity index (χ0v) is 20.6. The Morgan fingerprint density at radius 3 is 1.80 bits per heavy atom. The third kappa shape index (κ3) is 6.48. The summed E-state index contributed by atoms with van der Waals surface area (Å²) in [5.74, 6) is 2.53. The van der Waals surface area contributed by atoms with E-state index in [1.165, 1.54) is 17.7 Å². The summed E-state index contributed by atoms with van der Waals surface area (Å²) < 4.78 is 33.4. The Hall–Kier alpha value is -4.11. The van der Waals surface area contributed by atoms with E-state index in [2.05, 4.69) is 25.3 Å². The fourth-order valence-electron chi connectivity index (χ4n) is 3.35. The lowest BCUT2D eigenvalue weighted by Gasteiger charge is -2.12. The summed E-state index contributed by atoms with van der Waals surface area (Å²) in [5, 5.41) is 6.52. The van der Waals surface area contributed by atoms with Crippen molar-refractivity contribution in [1.29, 1.82) is 0 Å². The normalized spacial score (nSPS) is 11.1. The monoisotopic (exact) mass is 489 g/mol. The number of hydrogen-bond donors (Lipinski definition) is 3. The molecule has 4 rings (SSSR count). The smallest absolute Gasteiger partial charge is 0.261 e. The van der Waals surface area contributed by atoms with Crippen molar-refractivity contribution in [2.75, 3.05) is 22.0 Å². The van der Waals surface area contributed by atoms with Gasteiger partial charge in [-0.2, -0.15) is 0 Å². The molecule has 1 aromatic heterocycles. The lowest BCUT2D eigenvalue weighted by Crippen LogP contribution is -2.12. The molecule has 3 aromatic carbocycles. The van der Waals surface area contributed by atoms with Gasteiger partial charge in [0.15, 0.2) is 0 Å². The Bertz CT molecular complexity index is 1390. The van der Waals surface area contributed by atoms with Crippen LogP contribution in [-0.2, 0) is 10.0 Å². The number of aromatic nitrogens is 2. The lowest BCUT2D eigenvalue weighted by molar-refractivity contribution is 0.340. The lowest BCUT2D eigenvalue weighted by atomic mass is 10.2. The van der Waals surface area contributed by atoms with Crippen molar-refractivity contribution < 1.29 is 13.2 Å². The van der Waals surface area contributed by atoms with Crippen LogP contribution in [0.3, 0.4) is 0 Å². The molecule has 35 heavy (non-hydrogen) atoms. The van der Waals surface area contributed by atoms with E-state index in [-0.39, 0.29) is 4.90 Å². The molecule has 0 aliphatic carbocycles. The number of aryl methyl sites for hydroxylation is 2. The van der Waals surface area contributed by atoms with Gasteiger partial charge in [-0.1, -0.05) is 17.7 Å². The van der Waals surface area contributed by atoms with Gasteiger partial charge in [-0.25, -0.2) is 18.4 Å². The Balaban J connectivity index is 1.43. The highest BCUT2D eigenvalue weighted by molar-refractivity contribution is 7.92. The van der Waals surface area contributed by atoms with Gasteiger partial charge in [0.1, 0.15) is 23.2 Å². The van der Waals surface area contributed by atoms with E-state index in [1.807, 2.05) is 51.1 Å². The molecule has 9 heteroatoms. The fourth-order valence-corrected chi connectivity index (χ4v) is 4.40. The summed E-state index contributed by atoms with van der Waals surface area (Å²) in [7, 11) is -3.72. The molecule has 180 valence electrons. The molecule has 0 spiro atoms. The molecule has 0 aliphatic heterocycles. The Morgan fingerprint density at radius 2 is 1.26 bits per heavy atom. The number of nitrogens with zero attached hydrogens (tertiary/aromatic N) is 2. The molecular formula is C26H27N5O3S. The summed E-state index contributed by atoms with van der Waals surface area (Å²) in [6.07, 6.45) is 0. The van der Waals surface area contributed by atoms with E-state index >= 15 is 0 Å². The summed E-state index contributed by atoms with van der Waals surface area (Å²) in [6, 6.07) is 23.1. The molecule has 4 aromatic rings. The van der Waals surface area contributed by atoms with E-state index in [0.717, 1.165) is 11.4 Å². The highest BCUT2D eigenvalue weighted by atomic mass is 32.2. The number of nitrogens with one attached hydrogen (secondary N) is 3. The summed E-state index contributed by atoms with van der Waals surface area (Å²) in [6.45, 7) is 6.25. The van der Waals surface area contributed by atoms with Gasteiger partial charge >= 0.3 is 0 Å². The van der Waals surface area contributed by atoms with Crippen LogP contribution in [0.2, 0.25) is 0 Å². The minimum atomic E-state index is -3.72. The molecule has 0 atom stereocenters. The topological polar surface area (TPSA) is 105 Å². The van der Waals surface area contributed by atoms with Gasteiger partial charge in [0.05, 0.1) is 11.5 Å². The van der Waals surface area contributed by atoms with E-state index in [1.54, 1.807) is 36.4 Å². The van der Waals surface area contributed by atoms with Crippen molar-refractivity contribution in [3.8, 4) is 5.75 Å². The second kappa shape index (κ2) is 10.4. The van der Waals surface area contributed by atoms with Crippen LogP contribution in [0.15, 0.2) is 83.8 Å². The maximum absolute atomic E-state index is 12.7. The van der Waals surface area contributed by atoms with Crippen LogP contribution in [-0.4, -0.2) is 25.0 Å². The SMILES string of the molecule is CCOc1ccc(S(=O)(=O)Nc2ccc(Nc3cc(Nc4ccc(C)cc4)nc(C)n3)cc2)cc1. The average molecular weight is 490 g/mol. The molecule has 1 heterocycles. The number of ether oxygens (including phenoxy) is 1. The third-order valence-corrected chi connectivity index (χ3v) is 6.41. The molecule has 3 N–H and O–H groups in total. The van der Waals surface area contributed by atoms with Gasteiger partial charge in [-0.3, -0.25) is 4.72 Å². The summed E-state index contributed by atoms with van der Waals surface area (Å²) in [5.41, 5.74) is 3.32. The predicted molar refractivity (Wildman–Crippen MR) is 139 cm³/mol. The highest BCUT2D eigenvalue weighted by Gasteiger charge is 2.14.